The van der Waals surface area contributed by atoms with Gasteiger partial charge in [-0.15, -0.1) is 22.7 Å². The van der Waals surface area contributed by atoms with Crippen LogP contribution in [0.15, 0.2) is 91.0 Å². The Morgan fingerprint density at radius 1 is 0.525 bits per heavy atom. The molecular weight excluding hydrogens is 752 g/mol. The molecule has 5 heteroatoms. The first-order valence-corrected chi connectivity index (χ1v) is 23.5. The van der Waals surface area contributed by atoms with Crippen LogP contribution in [-0.2, 0) is 21.7 Å². The fourth-order valence-corrected chi connectivity index (χ4v) is 15.3. The third kappa shape index (κ3) is 3.93. The Bertz CT molecular complexity index is 3630. The minimum absolute atomic E-state index is 0.0639. The molecule has 6 heterocycles. The van der Waals surface area contributed by atoms with E-state index in [9.17, 15) is 0 Å². The van der Waals surface area contributed by atoms with Crippen LogP contribution in [0, 0.1) is 0 Å². The Labute approximate surface area is 353 Å². The minimum Gasteiger partial charge on any atom is -0.367 e. The molecule has 6 aromatic carbocycles. The van der Waals surface area contributed by atoms with E-state index in [2.05, 4.69) is 155 Å². The van der Waals surface area contributed by atoms with Gasteiger partial charge in [0.05, 0.1) is 20.6 Å². The molecule has 14 rings (SSSR count). The normalized spacial score (nSPS) is 19.1. The predicted molar refractivity (Wildman–Crippen MR) is 258 cm³/mol. The van der Waals surface area contributed by atoms with Crippen molar-refractivity contribution in [3.05, 3.63) is 113 Å². The fraction of sp³-hybridized carbons (Fsp3) is 0.296. The molecule has 4 aliphatic rings. The highest BCUT2D eigenvalue weighted by Crippen LogP contribution is 2.55. The Morgan fingerprint density at radius 3 is 1.83 bits per heavy atom. The zero-order valence-corrected chi connectivity index (χ0v) is 36.9. The number of thiophene rings is 2. The van der Waals surface area contributed by atoms with Gasteiger partial charge in [0.2, 0.25) is 0 Å². The van der Waals surface area contributed by atoms with E-state index in [0.717, 1.165) is 0 Å². The van der Waals surface area contributed by atoms with Crippen LogP contribution in [-0.4, -0.2) is 15.9 Å². The van der Waals surface area contributed by atoms with Crippen LogP contribution in [0.5, 0.6) is 0 Å². The quantitative estimate of drug-likeness (QED) is 0.135. The van der Waals surface area contributed by atoms with E-state index < -0.39 is 0 Å². The largest absolute Gasteiger partial charge is 0.367 e. The van der Waals surface area contributed by atoms with E-state index in [1.807, 2.05) is 22.7 Å². The summed E-state index contributed by atoms with van der Waals surface area (Å²) in [6.07, 6.45) is 4.89. The Balaban J connectivity index is 1.16. The summed E-state index contributed by atoms with van der Waals surface area (Å²) < 4.78 is 9.81. The second kappa shape index (κ2) is 10.4. The second-order valence-electron chi connectivity index (χ2n) is 21.3. The van der Waals surface area contributed by atoms with Crippen molar-refractivity contribution in [1.82, 2.24) is 9.05 Å². The molecule has 4 aromatic heterocycles. The molecule has 59 heavy (non-hydrogen) atoms. The Kier molecular flexibility index (Phi) is 5.96. The van der Waals surface area contributed by atoms with Crippen LogP contribution < -0.4 is 10.9 Å². The van der Waals surface area contributed by atoms with Crippen LogP contribution in [0.25, 0.3) is 90.0 Å². The molecule has 2 nitrogen and oxygen atoms in total. The van der Waals surface area contributed by atoms with Crippen LogP contribution in [0.3, 0.4) is 0 Å². The van der Waals surface area contributed by atoms with Crippen molar-refractivity contribution in [2.24, 2.45) is 0 Å². The van der Waals surface area contributed by atoms with Crippen molar-refractivity contribution in [2.45, 2.75) is 103 Å². The zero-order valence-electron chi connectivity index (χ0n) is 35.3. The number of benzene rings is 6. The molecule has 0 saturated carbocycles. The van der Waals surface area contributed by atoms with Gasteiger partial charge in [0.1, 0.15) is 0 Å². The van der Waals surface area contributed by atoms with E-state index in [4.69, 9.17) is 0 Å². The van der Waals surface area contributed by atoms with Gasteiger partial charge >= 0.3 is 6.85 Å². The highest BCUT2D eigenvalue weighted by molar-refractivity contribution is 7.27. The number of aromatic nitrogens is 2. The summed E-state index contributed by atoms with van der Waals surface area (Å²) in [6, 6.07) is 36.6. The number of hydrogen-bond acceptors (Lipinski definition) is 2. The minimum atomic E-state index is 0.0639. The van der Waals surface area contributed by atoms with Gasteiger partial charge in [-0.05, 0) is 127 Å². The van der Waals surface area contributed by atoms with Gasteiger partial charge < -0.3 is 9.05 Å². The summed E-state index contributed by atoms with van der Waals surface area (Å²) in [5.41, 5.74) is 18.0. The van der Waals surface area contributed by atoms with E-state index in [-0.39, 0.29) is 28.5 Å². The first-order chi connectivity index (χ1) is 28.2. The molecule has 10 aromatic rings. The summed E-state index contributed by atoms with van der Waals surface area (Å²) in [5.74, 6) is 0. The predicted octanol–water partition coefficient (Wildman–Crippen LogP) is 14.1. The third-order valence-electron chi connectivity index (χ3n) is 16.2. The molecular formula is C54H47BN2S2. The van der Waals surface area contributed by atoms with E-state index in [1.165, 1.54) is 132 Å². The van der Waals surface area contributed by atoms with Crippen molar-refractivity contribution >= 4 is 114 Å². The summed E-state index contributed by atoms with van der Waals surface area (Å²) in [6.45, 7) is 19.8. The maximum absolute atomic E-state index is 2.80. The maximum atomic E-state index is 2.80. The van der Waals surface area contributed by atoms with Gasteiger partial charge in [-0.3, -0.25) is 0 Å². The number of nitrogens with zero attached hydrogens (tertiary/aromatic N) is 2. The van der Waals surface area contributed by atoms with Crippen molar-refractivity contribution in [3.63, 3.8) is 0 Å². The standard InChI is InChI=1S/C54H47BN2S2/c1-51(2)19-21-53(5,6)37-26-41-33(24-35(37)51)44-31-16-11-15-30-43-29-14-10-9-13-28(29)23-40-45(43)55(57(46(30)31)50(44)59-41)39-18-12-17-32-47(39)56(40)48-34-25-36-38(27-42(34)58-49(32)48)54(7,8)22-20-52(36,3)4/h9-18,23-27H,19-22H2,1-8H3. The van der Waals surface area contributed by atoms with Gasteiger partial charge in [0.15, 0.2) is 0 Å². The smallest absolute Gasteiger partial charge is 0.333 e. The van der Waals surface area contributed by atoms with Crippen LogP contribution >= 0.6 is 22.7 Å². The number of hydrogen-bond donors (Lipinski definition) is 0. The summed E-state index contributed by atoms with van der Waals surface area (Å²) >= 11 is 4.05. The maximum Gasteiger partial charge on any atom is 0.333 e. The molecule has 288 valence electrons. The Hall–Kier alpha value is -4.84. The van der Waals surface area contributed by atoms with Crippen LogP contribution in [0.2, 0.25) is 0 Å². The monoisotopic (exact) mass is 798 g/mol. The topological polar surface area (TPSA) is 9.86 Å². The average molecular weight is 799 g/mol. The lowest BCUT2D eigenvalue weighted by atomic mass is 9.45. The highest BCUT2D eigenvalue weighted by Gasteiger charge is 2.45. The number of rotatable bonds is 0. The highest BCUT2D eigenvalue weighted by atomic mass is 32.1. The fourth-order valence-electron chi connectivity index (χ4n) is 12.8. The van der Waals surface area contributed by atoms with Gasteiger partial charge in [-0.1, -0.05) is 116 Å². The van der Waals surface area contributed by atoms with E-state index >= 15 is 0 Å². The SMILES string of the molecule is CC1(C)CCC(C)(C)c2cc3c(cc21)sc1c3c2cccc3c2n1B1c2c(cc4ccccc4c2-3)-n2c3c1cccc3c1sc3cc4c(cc3c12)C(C)(C)CCC4(C)C. The molecule has 0 N–H and O–H groups in total. The molecule has 0 atom stereocenters. The van der Waals surface area contributed by atoms with Crippen molar-refractivity contribution in [2.75, 3.05) is 0 Å². The first-order valence-electron chi connectivity index (χ1n) is 21.9. The lowest BCUT2D eigenvalue weighted by Crippen LogP contribution is -2.55. The van der Waals surface area contributed by atoms with Crippen molar-refractivity contribution in [1.29, 1.82) is 0 Å². The molecule has 0 radical (unpaired) electrons. The second-order valence-corrected chi connectivity index (χ2v) is 23.4. The number of fused-ring (bicyclic) bond motifs is 18. The molecule has 2 aliphatic carbocycles. The molecule has 0 unspecified atom stereocenters. The first kappa shape index (κ1) is 33.9. The van der Waals surface area contributed by atoms with Crippen LogP contribution in [0.4, 0.5) is 0 Å². The molecule has 0 amide bonds. The molecule has 2 aliphatic heterocycles. The molecule has 0 fully saturated rings. The van der Waals surface area contributed by atoms with Crippen molar-refractivity contribution in [3.8, 4) is 16.8 Å². The lowest BCUT2D eigenvalue weighted by Gasteiger charge is -2.42. The van der Waals surface area contributed by atoms with Crippen molar-refractivity contribution < 1.29 is 0 Å². The van der Waals surface area contributed by atoms with Gasteiger partial charge in [-0.2, -0.15) is 0 Å². The third-order valence-corrected chi connectivity index (χ3v) is 18.5. The summed E-state index contributed by atoms with van der Waals surface area (Å²) in [7, 11) is 0. The zero-order chi connectivity index (χ0) is 39.9. The summed E-state index contributed by atoms with van der Waals surface area (Å²) in [4.78, 5) is 1.41. The molecule has 0 spiro atoms. The summed E-state index contributed by atoms with van der Waals surface area (Å²) in [5, 5.41) is 9.75. The van der Waals surface area contributed by atoms with E-state index in [1.54, 1.807) is 16.7 Å². The molecule has 0 saturated heterocycles. The number of para-hydroxylation sites is 2. The van der Waals surface area contributed by atoms with Gasteiger partial charge in [0, 0.05) is 53.1 Å². The molecule has 0 bridgehead atoms. The average Bonchev–Trinajstić information content (AvgIpc) is 3.95. The van der Waals surface area contributed by atoms with Gasteiger partial charge in [0.25, 0.3) is 0 Å². The lowest BCUT2D eigenvalue weighted by molar-refractivity contribution is 0.332. The van der Waals surface area contributed by atoms with Gasteiger partial charge in [-0.25, -0.2) is 0 Å². The Morgan fingerprint density at radius 2 is 1.12 bits per heavy atom. The van der Waals surface area contributed by atoms with E-state index in [0.29, 0.717) is 0 Å². The van der Waals surface area contributed by atoms with Crippen LogP contribution in [0.1, 0.15) is 103 Å².